The zero-order chi connectivity index (χ0) is 24.3. The predicted octanol–water partition coefficient (Wildman–Crippen LogP) is 4.58. The lowest BCUT2D eigenvalue weighted by atomic mass is 9.63. The summed E-state index contributed by atoms with van der Waals surface area (Å²) in [6.45, 7) is 10.3. The van der Waals surface area contributed by atoms with Crippen molar-refractivity contribution in [1.29, 1.82) is 0 Å². The summed E-state index contributed by atoms with van der Waals surface area (Å²) in [7, 11) is 0. The highest BCUT2D eigenvalue weighted by Gasteiger charge is 2.47. The van der Waals surface area contributed by atoms with Crippen LogP contribution >= 0.6 is 35.7 Å². The van der Waals surface area contributed by atoms with Crippen LogP contribution in [0, 0.1) is 11.3 Å². The van der Waals surface area contributed by atoms with Gasteiger partial charge >= 0.3 is 11.7 Å². The highest BCUT2D eigenvalue weighted by molar-refractivity contribution is 8.47. The van der Waals surface area contributed by atoms with Crippen molar-refractivity contribution in [3.05, 3.63) is 68.5 Å². The van der Waals surface area contributed by atoms with Crippen LogP contribution in [0.4, 0.5) is 0 Å². The number of aliphatic carboxylic acids is 1. The van der Waals surface area contributed by atoms with Crippen LogP contribution in [0.15, 0.2) is 46.1 Å². The van der Waals surface area contributed by atoms with Crippen LogP contribution < -0.4 is 11.2 Å². The minimum atomic E-state index is -0.831. The maximum absolute atomic E-state index is 12.0. The van der Waals surface area contributed by atoms with Gasteiger partial charge in [-0.15, -0.1) is 23.5 Å². The molecule has 0 spiro atoms. The van der Waals surface area contributed by atoms with Crippen LogP contribution in [-0.4, -0.2) is 35.2 Å². The van der Waals surface area contributed by atoms with Crippen molar-refractivity contribution in [3.8, 4) is 0 Å². The molecule has 0 amide bonds. The van der Waals surface area contributed by atoms with Crippen molar-refractivity contribution in [3.63, 3.8) is 0 Å². The summed E-state index contributed by atoms with van der Waals surface area (Å²) >= 11 is 8.59. The monoisotopic (exact) mass is 494 g/mol. The van der Waals surface area contributed by atoms with E-state index in [1.807, 2.05) is 44.4 Å². The van der Waals surface area contributed by atoms with Crippen molar-refractivity contribution in [2.24, 2.45) is 11.3 Å². The summed E-state index contributed by atoms with van der Waals surface area (Å²) in [5.74, 6) is -1.52. The fourth-order valence-electron chi connectivity index (χ4n) is 4.19. The number of aromatic nitrogens is 2. The average molecular weight is 495 g/mol. The van der Waals surface area contributed by atoms with Crippen molar-refractivity contribution in [2.45, 2.75) is 51.8 Å². The van der Waals surface area contributed by atoms with Crippen molar-refractivity contribution < 1.29 is 9.90 Å². The molecule has 0 aliphatic rings. The number of thiocarbonyl (C=S) groups is 1. The number of nitrogens with zero attached hydrogens (tertiary/aromatic N) is 1. The zero-order valence-corrected chi connectivity index (χ0v) is 21.6. The van der Waals surface area contributed by atoms with Gasteiger partial charge in [-0.1, -0.05) is 57.3 Å². The van der Waals surface area contributed by atoms with Crippen molar-refractivity contribution >= 4 is 45.2 Å². The van der Waals surface area contributed by atoms with E-state index in [0.29, 0.717) is 6.54 Å². The van der Waals surface area contributed by atoms with E-state index in [-0.39, 0.29) is 10.7 Å². The Morgan fingerprint density at radius 1 is 1.16 bits per heavy atom. The van der Waals surface area contributed by atoms with Gasteiger partial charge < -0.3 is 5.11 Å². The Morgan fingerprint density at radius 3 is 2.25 bits per heavy atom. The minimum absolute atomic E-state index is 0.110. The number of carboxylic acids is 1. The Balaban J connectivity index is 2.47. The van der Waals surface area contributed by atoms with E-state index in [1.165, 1.54) is 28.6 Å². The van der Waals surface area contributed by atoms with Crippen LogP contribution in [0.1, 0.15) is 51.7 Å². The molecule has 2 unspecified atom stereocenters. The molecular weight excluding hydrogens is 464 g/mol. The molecule has 2 rings (SSSR count). The van der Waals surface area contributed by atoms with E-state index in [4.69, 9.17) is 12.2 Å². The van der Waals surface area contributed by atoms with E-state index in [0.717, 1.165) is 14.7 Å². The topological polar surface area (TPSA) is 92.2 Å². The molecule has 0 saturated heterocycles. The fourth-order valence-corrected chi connectivity index (χ4v) is 6.80. The minimum Gasteiger partial charge on any atom is -0.481 e. The first kappa shape index (κ1) is 26.4. The van der Waals surface area contributed by atoms with E-state index >= 15 is 0 Å². The highest BCUT2D eigenvalue weighted by atomic mass is 32.2. The predicted molar refractivity (Wildman–Crippen MR) is 138 cm³/mol. The van der Waals surface area contributed by atoms with Crippen LogP contribution in [0.5, 0.6) is 0 Å². The third-order valence-corrected chi connectivity index (χ3v) is 8.76. The number of hydrogen-bond donors (Lipinski definition) is 2. The van der Waals surface area contributed by atoms with Gasteiger partial charge in [0.1, 0.15) is 3.53 Å². The maximum atomic E-state index is 12.0. The Bertz CT molecular complexity index is 1090. The van der Waals surface area contributed by atoms with E-state index in [9.17, 15) is 19.5 Å². The molecule has 0 aliphatic carbocycles. The molecule has 0 saturated carbocycles. The van der Waals surface area contributed by atoms with Crippen LogP contribution in [0.2, 0.25) is 0 Å². The summed E-state index contributed by atoms with van der Waals surface area (Å²) in [4.78, 5) is 37.4. The van der Waals surface area contributed by atoms with Gasteiger partial charge in [0, 0.05) is 22.9 Å². The molecule has 6 nitrogen and oxygen atoms in total. The number of hydrogen-bond acceptors (Lipinski definition) is 6. The molecule has 0 fully saturated rings. The number of H-pyrrole nitrogens is 1. The first-order chi connectivity index (χ1) is 14.8. The number of carbonyl (C=O) groups is 1. The lowest BCUT2D eigenvalue weighted by molar-refractivity contribution is -0.145. The van der Waals surface area contributed by atoms with Crippen LogP contribution in [0.3, 0.4) is 0 Å². The second kappa shape index (κ2) is 10.4. The van der Waals surface area contributed by atoms with E-state index in [1.54, 1.807) is 18.7 Å². The number of nitrogens with one attached hydrogen (secondary N) is 1. The smallest absolute Gasteiger partial charge is 0.328 e. The first-order valence-electron chi connectivity index (χ1n) is 10.2. The molecule has 2 aromatic rings. The molecule has 0 radical (unpaired) electrons. The number of thioether (sulfide) groups is 2. The Morgan fingerprint density at radius 2 is 1.75 bits per heavy atom. The molecule has 1 aromatic carbocycles. The summed E-state index contributed by atoms with van der Waals surface area (Å²) in [6.07, 6.45) is 3.41. The number of rotatable bonds is 8. The van der Waals surface area contributed by atoms with E-state index in [2.05, 4.69) is 18.8 Å². The second-order valence-corrected chi connectivity index (χ2v) is 12.6. The SMILES string of the molecule is CSC(=S)SC(C)(C)C(c1ccc(Cn2ccc(=O)[nH]c2=O)cc1)C(C)(C)C(C)C(=O)O. The summed E-state index contributed by atoms with van der Waals surface area (Å²) in [5, 5.41) is 9.77. The number of carboxylic acid groups (broad SMARTS) is 1. The van der Waals surface area contributed by atoms with Gasteiger partial charge in [-0.25, -0.2) is 4.79 Å². The van der Waals surface area contributed by atoms with E-state index < -0.39 is 28.6 Å². The molecule has 174 valence electrons. The van der Waals surface area contributed by atoms with Gasteiger partial charge in [0.25, 0.3) is 5.56 Å². The number of aromatic amines is 1. The molecule has 2 atom stereocenters. The summed E-state index contributed by atoms with van der Waals surface area (Å²) in [6, 6.07) is 9.19. The third kappa shape index (κ3) is 6.14. The normalized spacial score (nSPS) is 14.1. The molecule has 1 aromatic heterocycles. The van der Waals surface area contributed by atoms with Gasteiger partial charge in [0.2, 0.25) is 0 Å². The number of benzene rings is 1. The van der Waals surface area contributed by atoms with Gasteiger partial charge in [-0.3, -0.25) is 19.1 Å². The Hall–Kier alpha value is -1.84. The van der Waals surface area contributed by atoms with Gasteiger partial charge in [0.05, 0.1) is 12.5 Å². The summed E-state index contributed by atoms with van der Waals surface area (Å²) < 4.78 is 1.89. The molecule has 0 aliphatic heterocycles. The summed E-state index contributed by atoms with van der Waals surface area (Å²) in [5.41, 5.74) is 0.465. The van der Waals surface area contributed by atoms with Gasteiger partial charge in [0.15, 0.2) is 0 Å². The molecule has 1 heterocycles. The lowest BCUT2D eigenvalue weighted by Gasteiger charge is -2.46. The lowest BCUT2D eigenvalue weighted by Crippen LogP contribution is -2.43. The maximum Gasteiger partial charge on any atom is 0.328 e. The standard InChI is InChI=1S/C23H30N2O4S3/c1-14(19(27)28)22(2,3)18(23(4,5)32-21(30)31-6)16-9-7-15(8-10-16)13-25-12-11-17(26)24-20(25)29/h7-12,14,18H,13H2,1-6H3,(H,27,28)(H,24,26,29). The molecule has 0 bridgehead atoms. The first-order valence-corrected chi connectivity index (χ1v) is 12.6. The van der Waals surface area contributed by atoms with Crippen molar-refractivity contribution in [2.75, 3.05) is 6.26 Å². The molecular formula is C23H30N2O4S3. The van der Waals surface area contributed by atoms with Gasteiger partial charge in [-0.2, -0.15) is 0 Å². The van der Waals surface area contributed by atoms with Crippen LogP contribution in [0.25, 0.3) is 0 Å². The Kier molecular flexibility index (Phi) is 8.58. The van der Waals surface area contributed by atoms with Crippen molar-refractivity contribution in [1.82, 2.24) is 9.55 Å². The largest absolute Gasteiger partial charge is 0.481 e. The fraction of sp³-hybridized carbons (Fsp3) is 0.478. The Labute approximate surface area is 202 Å². The third-order valence-electron chi connectivity index (χ3n) is 6.00. The molecule has 2 N–H and O–H groups in total. The second-order valence-electron chi connectivity index (χ2n) is 8.95. The molecule has 32 heavy (non-hydrogen) atoms. The average Bonchev–Trinajstić information content (AvgIpc) is 2.69. The van der Waals surface area contributed by atoms with Crippen LogP contribution in [-0.2, 0) is 11.3 Å². The zero-order valence-electron chi connectivity index (χ0n) is 19.2. The van der Waals surface area contributed by atoms with Gasteiger partial charge in [-0.05, 0) is 36.6 Å². The molecule has 9 heteroatoms. The quantitative estimate of drug-likeness (QED) is 0.519. The highest BCUT2D eigenvalue weighted by Crippen LogP contribution is 2.53.